The fourth-order valence-corrected chi connectivity index (χ4v) is 3.51. The van der Waals surface area contributed by atoms with Crippen molar-refractivity contribution in [1.82, 2.24) is 10.3 Å². The van der Waals surface area contributed by atoms with Crippen LogP contribution in [0.3, 0.4) is 0 Å². The number of thioether (sulfide) groups is 1. The normalized spacial score (nSPS) is 10.8. The van der Waals surface area contributed by atoms with E-state index < -0.39 is 0 Å². The zero-order valence-electron chi connectivity index (χ0n) is 12.6. The fraction of sp³-hybridized carbons (Fsp3) is 0.467. The topological polar surface area (TPSA) is 55.1 Å². The summed E-state index contributed by atoms with van der Waals surface area (Å²) in [6.45, 7) is 6.76. The van der Waals surface area contributed by atoms with E-state index in [2.05, 4.69) is 23.3 Å². The van der Waals surface area contributed by atoms with Crippen LogP contribution < -0.4 is 5.32 Å². The van der Waals surface area contributed by atoms with Crippen LogP contribution in [0.1, 0.15) is 30.4 Å². The number of hydrogen-bond acceptors (Lipinski definition) is 5. The van der Waals surface area contributed by atoms with Crippen LogP contribution >= 0.6 is 23.1 Å². The molecule has 0 aromatic carbocycles. The van der Waals surface area contributed by atoms with Gasteiger partial charge in [0.15, 0.2) is 0 Å². The molecule has 0 atom stereocenters. The molecule has 0 saturated heterocycles. The van der Waals surface area contributed by atoms with Crippen molar-refractivity contribution >= 4 is 29.0 Å². The number of carbonyl (C=O) groups is 1. The average molecular weight is 324 g/mol. The number of nitrogens with one attached hydrogen (secondary N) is 1. The van der Waals surface area contributed by atoms with Gasteiger partial charge < -0.3 is 9.73 Å². The minimum absolute atomic E-state index is 0.0809. The summed E-state index contributed by atoms with van der Waals surface area (Å²) >= 11 is 3.20. The minimum atomic E-state index is 0.0809. The number of carbonyl (C=O) groups excluding carboxylic acids is 1. The summed E-state index contributed by atoms with van der Waals surface area (Å²) in [6, 6.07) is 2.06. The van der Waals surface area contributed by atoms with Crippen LogP contribution in [0.5, 0.6) is 0 Å². The molecular weight excluding hydrogens is 304 g/mol. The van der Waals surface area contributed by atoms with E-state index in [9.17, 15) is 4.79 Å². The Labute approximate surface area is 133 Å². The van der Waals surface area contributed by atoms with E-state index in [4.69, 9.17) is 4.42 Å². The highest BCUT2D eigenvalue weighted by Gasteiger charge is 2.14. The van der Waals surface area contributed by atoms with Crippen molar-refractivity contribution in [2.24, 2.45) is 0 Å². The molecule has 2 aromatic rings. The molecule has 0 spiro atoms. The number of nitrogens with zero attached hydrogens (tertiary/aromatic N) is 1. The number of rotatable bonds is 7. The molecule has 0 fully saturated rings. The lowest BCUT2D eigenvalue weighted by atomic mass is 10.3. The predicted octanol–water partition coefficient (Wildman–Crippen LogP) is 3.78. The van der Waals surface area contributed by atoms with Gasteiger partial charge in [0, 0.05) is 12.3 Å². The second-order valence-corrected chi connectivity index (χ2v) is 6.70. The third-order valence-electron chi connectivity index (χ3n) is 2.99. The number of hydrogen-bond donors (Lipinski definition) is 1. The van der Waals surface area contributed by atoms with E-state index in [1.165, 1.54) is 5.56 Å². The Morgan fingerprint density at radius 1 is 1.48 bits per heavy atom. The van der Waals surface area contributed by atoms with Gasteiger partial charge in [0.1, 0.15) is 5.76 Å². The standard InChI is InChI=1S/C15H20N2O2S2/c1-4-6-16-13(18)9-20-8-12-11(3)19-15(17-12)14-10(2)5-7-21-14/h5,7H,4,6,8-9H2,1-3H3,(H,16,18). The Hall–Kier alpha value is -1.27. The van der Waals surface area contributed by atoms with Crippen molar-refractivity contribution < 1.29 is 9.21 Å². The van der Waals surface area contributed by atoms with Gasteiger partial charge in [-0.2, -0.15) is 0 Å². The quantitative estimate of drug-likeness (QED) is 0.842. The first-order chi connectivity index (χ1) is 10.1. The number of aryl methyl sites for hydroxylation is 2. The van der Waals surface area contributed by atoms with Gasteiger partial charge in [-0.25, -0.2) is 4.98 Å². The van der Waals surface area contributed by atoms with Gasteiger partial charge in [0.25, 0.3) is 0 Å². The SMILES string of the molecule is CCCNC(=O)CSCc1nc(-c2sccc2C)oc1C. The van der Waals surface area contributed by atoms with Gasteiger partial charge in [0.05, 0.1) is 16.3 Å². The van der Waals surface area contributed by atoms with Crippen LogP contribution in [0.4, 0.5) is 0 Å². The van der Waals surface area contributed by atoms with Gasteiger partial charge in [-0.3, -0.25) is 4.79 Å². The second-order valence-electron chi connectivity index (χ2n) is 4.80. The van der Waals surface area contributed by atoms with Crippen LogP contribution in [-0.4, -0.2) is 23.2 Å². The Kier molecular flexibility index (Phi) is 5.87. The van der Waals surface area contributed by atoms with E-state index in [1.54, 1.807) is 23.1 Å². The summed E-state index contributed by atoms with van der Waals surface area (Å²) in [7, 11) is 0. The lowest BCUT2D eigenvalue weighted by Gasteiger charge is -2.02. The van der Waals surface area contributed by atoms with Crippen LogP contribution in [0.25, 0.3) is 10.8 Å². The van der Waals surface area contributed by atoms with Crippen LogP contribution in [0, 0.1) is 13.8 Å². The van der Waals surface area contributed by atoms with Crippen LogP contribution in [0.2, 0.25) is 0 Å². The largest absolute Gasteiger partial charge is 0.440 e. The Morgan fingerprint density at radius 3 is 2.95 bits per heavy atom. The molecule has 2 heterocycles. The molecule has 2 aromatic heterocycles. The molecule has 2 rings (SSSR count). The second kappa shape index (κ2) is 7.66. The van der Waals surface area contributed by atoms with Crippen LogP contribution in [-0.2, 0) is 10.5 Å². The smallest absolute Gasteiger partial charge is 0.237 e. The molecule has 0 aliphatic rings. The highest BCUT2D eigenvalue weighted by atomic mass is 32.2. The van der Waals surface area contributed by atoms with Gasteiger partial charge in [-0.15, -0.1) is 23.1 Å². The van der Waals surface area contributed by atoms with E-state index >= 15 is 0 Å². The van der Waals surface area contributed by atoms with E-state index in [0.29, 0.717) is 17.4 Å². The highest BCUT2D eigenvalue weighted by molar-refractivity contribution is 7.99. The summed E-state index contributed by atoms with van der Waals surface area (Å²) in [5, 5.41) is 4.90. The van der Waals surface area contributed by atoms with Crippen molar-refractivity contribution in [2.45, 2.75) is 32.9 Å². The molecule has 0 aliphatic heterocycles. The molecule has 0 saturated carbocycles. The maximum atomic E-state index is 11.5. The first kappa shape index (κ1) is 16.1. The molecule has 6 heteroatoms. The van der Waals surface area contributed by atoms with Gasteiger partial charge in [-0.05, 0) is 37.3 Å². The summed E-state index contributed by atoms with van der Waals surface area (Å²) in [5.41, 5.74) is 2.10. The van der Waals surface area contributed by atoms with Crippen molar-refractivity contribution in [3.8, 4) is 10.8 Å². The Morgan fingerprint density at radius 2 is 2.29 bits per heavy atom. The zero-order valence-corrected chi connectivity index (χ0v) is 14.2. The average Bonchev–Trinajstić information content (AvgIpc) is 3.03. The zero-order chi connectivity index (χ0) is 15.2. The van der Waals surface area contributed by atoms with Gasteiger partial charge >= 0.3 is 0 Å². The summed E-state index contributed by atoms with van der Waals surface area (Å²) in [5.74, 6) is 2.75. The lowest BCUT2D eigenvalue weighted by molar-refractivity contribution is -0.118. The van der Waals surface area contributed by atoms with E-state index in [1.807, 2.05) is 19.2 Å². The van der Waals surface area contributed by atoms with Crippen molar-refractivity contribution in [2.75, 3.05) is 12.3 Å². The van der Waals surface area contributed by atoms with Crippen LogP contribution in [0.15, 0.2) is 15.9 Å². The molecule has 0 aliphatic carbocycles. The third-order valence-corrected chi connectivity index (χ3v) is 4.94. The van der Waals surface area contributed by atoms with E-state index in [0.717, 1.165) is 29.3 Å². The van der Waals surface area contributed by atoms with Crippen molar-refractivity contribution in [3.63, 3.8) is 0 Å². The summed E-state index contributed by atoms with van der Waals surface area (Å²) in [4.78, 5) is 17.2. The molecule has 4 nitrogen and oxygen atoms in total. The molecule has 114 valence electrons. The molecular formula is C15H20N2O2S2. The van der Waals surface area contributed by atoms with Crippen molar-refractivity contribution in [3.05, 3.63) is 28.5 Å². The molecule has 21 heavy (non-hydrogen) atoms. The Balaban J connectivity index is 1.91. The highest BCUT2D eigenvalue weighted by Crippen LogP contribution is 2.30. The fourth-order valence-electron chi connectivity index (χ4n) is 1.81. The molecule has 0 unspecified atom stereocenters. The summed E-state index contributed by atoms with van der Waals surface area (Å²) < 4.78 is 5.75. The molecule has 0 radical (unpaired) electrons. The predicted molar refractivity (Wildman–Crippen MR) is 88.8 cm³/mol. The van der Waals surface area contributed by atoms with Gasteiger partial charge in [-0.1, -0.05) is 6.92 Å². The first-order valence-electron chi connectivity index (χ1n) is 6.97. The maximum absolute atomic E-state index is 11.5. The Bertz CT molecular complexity index is 605. The molecule has 1 amide bonds. The minimum Gasteiger partial charge on any atom is -0.440 e. The lowest BCUT2D eigenvalue weighted by Crippen LogP contribution is -2.25. The summed E-state index contributed by atoms with van der Waals surface area (Å²) in [6.07, 6.45) is 0.961. The van der Waals surface area contributed by atoms with Crippen molar-refractivity contribution in [1.29, 1.82) is 0 Å². The number of oxazole rings is 1. The third kappa shape index (κ3) is 4.35. The number of thiophene rings is 1. The van der Waals surface area contributed by atoms with Gasteiger partial charge in [0.2, 0.25) is 11.8 Å². The molecule has 0 bridgehead atoms. The van der Waals surface area contributed by atoms with E-state index in [-0.39, 0.29) is 5.91 Å². The monoisotopic (exact) mass is 324 g/mol. The first-order valence-corrected chi connectivity index (χ1v) is 9.00. The molecule has 1 N–H and O–H groups in total. The number of amides is 1. The number of aromatic nitrogens is 1. The maximum Gasteiger partial charge on any atom is 0.237 e.